The van der Waals surface area contributed by atoms with Gasteiger partial charge in [0.15, 0.2) is 5.56 Å². The normalized spacial score (nSPS) is 12.3. The van der Waals surface area contributed by atoms with E-state index < -0.39 is 34.5 Å². The van der Waals surface area contributed by atoms with E-state index in [2.05, 4.69) is 9.72 Å². The molecule has 0 saturated carbocycles. The first-order valence-electron chi connectivity index (χ1n) is 3.97. The number of halogens is 6. The zero-order valence-corrected chi connectivity index (χ0v) is 8.04. The summed E-state index contributed by atoms with van der Waals surface area (Å²) in [6, 6.07) is 0. The molecule has 0 aromatic carbocycles. The topological polar surface area (TPSA) is 65.3 Å². The molecule has 0 atom stereocenters. The van der Waals surface area contributed by atoms with Crippen LogP contribution in [0.25, 0.3) is 0 Å². The van der Waals surface area contributed by atoms with E-state index in [0.29, 0.717) is 0 Å². The predicted octanol–water partition coefficient (Wildman–Crippen LogP) is 2.91. The lowest BCUT2D eigenvalue weighted by atomic mass is 10.2. The Labute approximate surface area is 94.1 Å². The van der Waals surface area contributed by atoms with Gasteiger partial charge in [-0.2, -0.15) is 13.2 Å². The van der Waals surface area contributed by atoms with E-state index >= 15 is 0 Å². The van der Waals surface area contributed by atoms with E-state index in [0.717, 1.165) is 0 Å². The van der Waals surface area contributed by atoms with E-state index in [-0.39, 0.29) is 12.4 Å². The van der Waals surface area contributed by atoms with Crippen LogP contribution in [0.15, 0.2) is 12.4 Å². The number of ether oxygens (including phenoxy) is 1. The summed E-state index contributed by atoms with van der Waals surface area (Å²) in [6.45, 7) is 0. The molecule has 0 bridgehead atoms. The lowest BCUT2D eigenvalue weighted by Crippen LogP contribution is -2.19. The fourth-order valence-electron chi connectivity index (χ4n) is 1.03. The van der Waals surface area contributed by atoms with Crippen LogP contribution in [-0.2, 0) is 6.18 Å². The largest absolute Gasteiger partial charge is 0.573 e. The van der Waals surface area contributed by atoms with Gasteiger partial charge >= 0.3 is 18.2 Å². The van der Waals surface area contributed by atoms with Crippen LogP contribution in [-0.4, -0.2) is 16.3 Å². The molecule has 0 aliphatic carbocycles. The van der Waals surface area contributed by atoms with Crippen molar-refractivity contribution >= 4 is 5.69 Å². The Morgan fingerprint density at radius 2 is 1.72 bits per heavy atom. The molecule has 0 saturated heterocycles. The maximum Gasteiger partial charge on any atom is 0.573 e. The first-order valence-corrected chi connectivity index (χ1v) is 3.97. The van der Waals surface area contributed by atoms with Crippen molar-refractivity contribution in [2.75, 3.05) is 0 Å². The molecule has 0 aliphatic heterocycles. The molecular weight excluding hydrogens is 274 g/mol. The zero-order chi connectivity index (χ0) is 14.1. The van der Waals surface area contributed by atoms with Crippen molar-refractivity contribution in [1.29, 1.82) is 0 Å². The summed E-state index contributed by atoms with van der Waals surface area (Å²) in [7, 11) is 0. The smallest absolute Gasteiger partial charge is 0.397 e. The third kappa shape index (κ3) is 3.21. The van der Waals surface area contributed by atoms with Crippen LogP contribution in [0.4, 0.5) is 32.0 Å². The number of nitro groups is 1. The number of hydrogen-bond acceptors (Lipinski definition) is 4. The molecule has 18 heavy (non-hydrogen) atoms. The van der Waals surface area contributed by atoms with Gasteiger partial charge in [-0.05, 0) is 0 Å². The van der Waals surface area contributed by atoms with E-state index in [9.17, 15) is 36.5 Å². The van der Waals surface area contributed by atoms with E-state index in [1.165, 1.54) is 0 Å². The lowest BCUT2D eigenvalue weighted by molar-refractivity contribution is -0.391. The van der Waals surface area contributed by atoms with Crippen molar-refractivity contribution in [3.8, 4) is 5.75 Å². The van der Waals surface area contributed by atoms with Crippen LogP contribution in [0.2, 0.25) is 0 Å². The molecule has 11 heteroatoms. The molecule has 100 valence electrons. The summed E-state index contributed by atoms with van der Waals surface area (Å²) in [5.74, 6) is -1.62. The second-order valence-electron chi connectivity index (χ2n) is 2.84. The van der Waals surface area contributed by atoms with Gasteiger partial charge in [-0.25, -0.2) is 0 Å². The molecule has 1 rings (SSSR count). The lowest BCUT2D eigenvalue weighted by Gasteiger charge is -2.12. The van der Waals surface area contributed by atoms with Gasteiger partial charge in [-0.3, -0.25) is 15.1 Å². The predicted molar refractivity (Wildman–Crippen MR) is 42.6 cm³/mol. The molecule has 0 amide bonds. The highest BCUT2D eigenvalue weighted by Crippen LogP contribution is 2.41. The Balaban J connectivity index is 3.41. The molecule has 0 fully saturated rings. The summed E-state index contributed by atoms with van der Waals surface area (Å²) in [5, 5.41) is 10.4. The van der Waals surface area contributed by atoms with Crippen LogP contribution in [0.5, 0.6) is 5.75 Å². The van der Waals surface area contributed by atoms with Gasteiger partial charge in [0.2, 0.25) is 5.75 Å². The van der Waals surface area contributed by atoms with Crippen LogP contribution in [0.3, 0.4) is 0 Å². The van der Waals surface area contributed by atoms with Crippen LogP contribution >= 0.6 is 0 Å². The van der Waals surface area contributed by atoms with Crippen molar-refractivity contribution in [3.63, 3.8) is 0 Å². The van der Waals surface area contributed by atoms with Crippen molar-refractivity contribution in [1.82, 2.24) is 4.98 Å². The van der Waals surface area contributed by atoms with Crippen LogP contribution in [0.1, 0.15) is 5.56 Å². The van der Waals surface area contributed by atoms with E-state index in [1.807, 2.05) is 0 Å². The molecule has 1 heterocycles. The molecule has 1 aromatic rings. The number of hydrogen-bond donors (Lipinski definition) is 0. The summed E-state index contributed by atoms with van der Waals surface area (Å²) >= 11 is 0. The fourth-order valence-corrected chi connectivity index (χ4v) is 1.03. The zero-order valence-electron chi connectivity index (χ0n) is 8.04. The van der Waals surface area contributed by atoms with Gasteiger partial charge in [-0.1, -0.05) is 0 Å². The summed E-state index contributed by atoms with van der Waals surface area (Å²) < 4.78 is 75.7. The minimum absolute atomic E-state index is 0.0430. The van der Waals surface area contributed by atoms with Crippen molar-refractivity contribution in [2.24, 2.45) is 0 Å². The molecule has 0 aliphatic rings. The summed E-state index contributed by atoms with van der Waals surface area (Å²) in [5.41, 5.74) is -3.76. The average molecular weight is 276 g/mol. The molecule has 5 nitrogen and oxygen atoms in total. The SMILES string of the molecule is O=[N+]([O-])c1c(OC(F)(F)F)cncc1C(F)(F)F. The van der Waals surface area contributed by atoms with Gasteiger partial charge in [0.05, 0.1) is 11.1 Å². The molecule has 0 N–H and O–H groups in total. The Bertz CT molecular complexity index is 469. The summed E-state index contributed by atoms with van der Waals surface area (Å²) in [6.07, 6.45) is -10.4. The highest BCUT2D eigenvalue weighted by atomic mass is 19.4. The average Bonchev–Trinajstić information content (AvgIpc) is 2.12. The van der Waals surface area contributed by atoms with Gasteiger partial charge in [0.1, 0.15) is 0 Å². The Hall–Kier alpha value is -2.07. The van der Waals surface area contributed by atoms with Crippen molar-refractivity contribution < 1.29 is 36.0 Å². The highest BCUT2D eigenvalue weighted by Gasteiger charge is 2.43. The maximum absolute atomic E-state index is 12.3. The maximum atomic E-state index is 12.3. The number of nitrogens with zero attached hydrogens (tertiary/aromatic N) is 2. The van der Waals surface area contributed by atoms with Gasteiger partial charge in [0, 0.05) is 6.20 Å². The number of rotatable bonds is 2. The Morgan fingerprint density at radius 1 is 1.17 bits per heavy atom. The number of alkyl halides is 6. The van der Waals surface area contributed by atoms with Gasteiger partial charge in [-0.15, -0.1) is 13.2 Å². The van der Waals surface area contributed by atoms with Gasteiger partial charge in [0.25, 0.3) is 0 Å². The van der Waals surface area contributed by atoms with E-state index in [1.54, 1.807) is 0 Å². The minimum Gasteiger partial charge on any atom is -0.397 e. The molecular formula is C7H2F6N2O3. The molecule has 1 aromatic heterocycles. The van der Waals surface area contributed by atoms with E-state index in [4.69, 9.17) is 0 Å². The van der Waals surface area contributed by atoms with Crippen LogP contribution < -0.4 is 4.74 Å². The first-order chi connectivity index (χ1) is 8.02. The first kappa shape index (κ1) is 14.0. The minimum atomic E-state index is -5.36. The molecule has 0 spiro atoms. The molecule has 0 radical (unpaired) electrons. The number of aromatic nitrogens is 1. The second-order valence-corrected chi connectivity index (χ2v) is 2.84. The monoisotopic (exact) mass is 276 g/mol. The summed E-state index contributed by atoms with van der Waals surface area (Å²) in [4.78, 5) is 11.6. The fraction of sp³-hybridized carbons (Fsp3) is 0.286. The third-order valence-electron chi connectivity index (χ3n) is 1.60. The standard InChI is InChI=1S/C7H2F6N2O3/c8-6(9,10)3-1-14-2-4(5(3)15(16)17)18-7(11,12)13/h1-2H. The Morgan fingerprint density at radius 3 is 2.11 bits per heavy atom. The van der Waals surface area contributed by atoms with Crippen molar-refractivity contribution in [2.45, 2.75) is 12.5 Å². The quantitative estimate of drug-likeness (QED) is 0.473. The molecule has 0 unspecified atom stereocenters. The van der Waals surface area contributed by atoms with Crippen LogP contribution in [0, 0.1) is 10.1 Å². The highest BCUT2D eigenvalue weighted by molar-refractivity contribution is 5.51. The Kier molecular flexibility index (Phi) is 3.35. The van der Waals surface area contributed by atoms with Gasteiger partial charge < -0.3 is 4.74 Å². The third-order valence-corrected chi connectivity index (χ3v) is 1.60. The van der Waals surface area contributed by atoms with Crippen molar-refractivity contribution in [3.05, 3.63) is 28.1 Å². The second kappa shape index (κ2) is 4.31. The number of pyridine rings is 1.